The van der Waals surface area contributed by atoms with Crippen molar-refractivity contribution in [2.24, 2.45) is 0 Å². The Labute approximate surface area is 107 Å². The minimum absolute atomic E-state index is 0.0193. The SMILES string of the molecule is CSc1nc(N)nc(-c2ccc([N+](=O)[O-])cc2)n1. The first-order chi connectivity index (χ1) is 8.60. The lowest BCUT2D eigenvalue weighted by atomic mass is 10.2. The van der Waals surface area contributed by atoms with Crippen molar-refractivity contribution in [2.45, 2.75) is 5.16 Å². The lowest BCUT2D eigenvalue weighted by molar-refractivity contribution is -0.384. The molecule has 0 fully saturated rings. The van der Waals surface area contributed by atoms with Crippen LogP contribution < -0.4 is 5.73 Å². The summed E-state index contributed by atoms with van der Waals surface area (Å²) >= 11 is 1.35. The molecule has 1 aromatic carbocycles. The monoisotopic (exact) mass is 263 g/mol. The Morgan fingerprint density at radius 2 is 1.89 bits per heavy atom. The first-order valence-corrected chi connectivity index (χ1v) is 6.13. The molecule has 7 nitrogen and oxygen atoms in total. The fourth-order valence-corrected chi connectivity index (χ4v) is 1.69. The number of nitro benzene ring substituents is 1. The third-order valence-corrected chi connectivity index (χ3v) is 2.70. The maximum Gasteiger partial charge on any atom is 0.269 e. The van der Waals surface area contributed by atoms with Gasteiger partial charge in [-0.25, -0.2) is 4.98 Å². The van der Waals surface area contributed by atoms with Gasteiger partial charge in [0.25, 0.3) is 5.69 Å². The maximum absolute atomic E-state index is 10.5. The van der Waals surface area contributed by atoms with E-state index in [1.54, 1.807) is 12.1 Å². The minimum Gasteiger partial charge on any atom is -0.368 e. The predicted molar refractivity (Wildman–Crippen MR) is 68.1 cm³/mol. The maximum atomic E-state index is 10.5. The molecule has 0 radical (unpaired) electrons. The van der Waals surface area contributed by atoms with Crippen LogP contribution >= 0.6 is 11.8 Å². The summed E-state index contributed by atoms with van der Waals surface area (Å²) in [5.41, 5.74) is 6.24. The molecule has 1 aromatic heterocycles. The van der Waals surface area contributed by atoms with Gasteiger partial charge in [0.1, 0.15) is 0 Å². The highest BCUT2D eigenvalue weighted by Crippen LogP contribution is 2.21. The molecule has 2 N–H and O–H groups in total. The largest absolute Gasteiger partial charge is 0.368 e. The molecule has 0 atom stereocenters. The molecule has 0 aliphatic carbocycles. The molecule has 0 saturated heterocycles. The number of anilines is 1. The first-order valence-electron chi connectivity index (χ1n) is 4.90. The van der Waals surface area contributed by atoms with Gasteiger partial charge in [0.15, 0.2) is 11.0 Å². The second-order valence-corrected chi connectivity index (χ2v) is 4.08. The van der Waals surface area contributed by atoms with Crippen LogP contribution in [0.4, 0.5) is 11.6 Å². The van der Waals surface area contributed by atoms with Crippen LogP contribution in [0.15, 0.2) is 29.4 Å². The van der Waals surface area contributed by atoms with Crippen molar-refractivity contribution in [3.05, 3.63) is 34.4 Å². The number of benzene rings is 1. The van der Waals surface area contributed by atoms with Crippen LogP contribution in [0, 0.1) is 10.1 Å². The van der Waals surface area contributed by atoms with E-state index in [2.05, 4.69) is 15.0 Å². The topological polar surface area (TPSA) is 108 Å². The molecule has 18 heavy (non-hydrogen) atoms. The zero-order valence-corrected chi connectivity index (χ0v) is 10.2. The summed E-state index contributed by atoms with van der Waals surface area (Å²) in [6, 6.07) is 5.95. The van der Waals surface area contributed by atoms with E-state index in [0.29, 0.717) is 16.5 Å². The zero-order chi connectivity index (χ0) is 13.1. The van der Waals surface area contributed by atoms with E-state index in [9.17, 15) is 10.1 Å². The molecule has 92 valence electrons. The van der Waals surface area contributed by atoms with Crippen LogP contribution in [0.5, 0.6) is 0 Å². The van der Waals surface area contributed by atoms with Gasteiger partial charge in [-0.15, -0.1) is 0 Å². The summed E-state index contributed by atoms with van der Waals surface area (Å²) in [5.74, 6) is 0.532. The number of nitrogens with zero attached hydrogens (tertiary/aromatic N) is 4. The lowest BCUT2D eigenvalue weighted by Gasteiger charge is -2.02. The second kappa shape index (κ2) is 4.96. The first kappa shape index (κ1) is 12.2. The van der Waals surface area contributed by atoms with Crippen LogP contribution in [0.25, 0.3) is 11.4 Å². The number of nitro groups is 1. The Morgan fingerprint density at radius 1 is 1.22 bits per heavy atom. The molecule has 2 aromatic rings. The van der Waals surface area contributed by atoms with Gasteiger partial charge in [-0.2, -0.15) is 9.97 Å². The number of nitrogen functional groups attached to an aromatic ring is 1. The van der Waals surface area contributed by atoms with E-state index in [1.165, 1.54) is 23.9 Å². The predicted octanol–water partition coefficient (Wildman–Crippen LogP) is 1.75. The third-order valence-electron chi connectivity index (χ3n) is 2.15. The molecule has 0 unspecified atom stereocenters. The summed E-state index contributed by atoms with van der Waals surface area (Å²) < 4.78 is 0. The Balaban J connectivity index is 2.42. The number of nitrogens with two attached hydrogens (primary N) is 1. The van der Waals surface area contributed by atoms with E-state index in [1.807, 2.05) is 6.26 Å². The average molecular weight is 263 g/mol. The van der Waals surface area contributed by atoms with Crippen molar-refractivity contribution in [3.8, 4) is 11.4 Å². The highest BCUT2D eigenvalue weighted by molar-refractivity contribution is 7.98. The van der Waals surface area contributed by atoms with Crippen LogP contribution in [0.1, 0.15) is 0 Å². The third kappa shape index (κ3) is 2.54. The number of rotatable bonds is 3. The molecular weight excluding hydrogens is 254 g/mol. The van der Waals surface area contributed by atoms with Crippen molar-refractivity contribution < 1.29 is 4.92 Å². The van der Waals surface area contributed by atoms with Crippen molar-refractivity contribution in [1.82, 2.24) is 15.0 Å². The molecule has 0 aliphatic heterocycles. The Hall–Kier alpha value is -2.22. The standard InChI is InChI=1S/C10H9N5O2S/c1-18-10-13-8(12-9(11)14-10)6-2-4-7(5-3-6)15(16)17/h2-5H,1H3,(H2,11,12,13,14). The quantitative estimate of drug-likeness (QED) is 0.510. The molecule has 0 spiro atoms. The molecule has 8 heteroatoms. The molecular formula is C10H9N5O2S. The number of thioether (sulfide) groups is 1. The van der Waals surface area contributed by atoms with E-state index < -0.39 is 4.92 Å². The molecule has 1 heterocycles. The van der Waals surface area contributed by atoms with Crippen molar-refractivity contribution in [1.29, 1.82) is 0 Å². The van der Waals surface area contributed by atoms with E-state index in [0.717, 1.165) is 0 Å². The van der Waals surface area contributed by atoms with Gasteiger partial charge < -0.3 is 5.73 Å². The summed E-state index contributed by atoms with van der Waals surface area (Å²) in [4.78, 5) is 22.2. The lowest BCUT2D eigenvalue weighted by Crippen LogP contribution is -2.01. The van der Waals surface area contributed by atoms with Gasteiger partial charge in [0.2, 0.25) is 5.95 Å². The van der Waals surface area contributed by atoms with Crippen molar-refractivity contribution in [3.63, 3.8) is 0 Å². The van der Waals surface area contributed by atoms with Crippen LogP contribution in [0.2, 0.25) is 0 Å². The number of hydrogen-bond acceptors (Lipinski definition) is 7. The van der Waals surface area contributed by atoms with E-state index in [4.69, 9.17) is 5.73 Å². The summed E-state index contributed by atoms with van der Waals surface area (Å²) in [5, 5.41) is 11.1. The van der Waals surface area contributed by atoms with E-state index in [-0.39, 0.29) is 11.6 Å². The fraction of sp³-hybridized carbons (Fsp3) is 0.100. The average Bonchev–Trinajstić information content (AvgIpc) is 2.38. The Kier molecular flexibility index (Phi) is 3.38. The zero-order valence-electron chi connectivity index (χ0n) is 9.40. The highest BCUT2D eigenvalue weighted by atomic mass is 32.2. The Morgan fingerprint density at radius 3 is 2.44 bits per heavy atom. The van der Waals surface area contributed by atoms with Gasteiger partial charge in [-0.1, -0.05) is 11.8 Å². The van der Waals surface area contributed by atoms with Gasteiger partial charge in [0, 0.05) is 17.7 Å². The van der Waals surface area contributed by atoms with Gasteiger partial charge >= 0.3 is 0 Å². The molecule has 2 rings (SSSR count). The summed E-state index contributed by atoms with van der Waals surface area (Å²) in [6.07, 6.45) is 1.83. The summed E-state index contributed by atoms with van der Waals surface area (Å²) in [7, 11) is 0. The van der Waals surface area contributed by atoms with Crippen LogP contribution in [0.3, 0.4) is 0 Å². The highest BCUT2D eigenvalue weighted by Gasteiger charge is 2.09. The number of non-ortho nitro benzene ring substituents is 1. The fourth-order valence-electron chi connectivity index (χ4n) is 1.32. The number of hydrogen-bond donors (Lipinski definition) is 1. The minimum atomic E-state index is -0.459. The van der Waals surface area contributed by atoms with Crippen molar-refractivity contribution >= 4 is 23.4 Å². The second-order valence-electron chi connectivity index (χ2n) is 3.31. The van der Waals surface area contributed by atoms with Gasteiger partial charge in [0.05, 0.1) is 4.92 Å². The molecule has 0 saturated carbocycles. The number of aromatic nitrogens is 3. The Bertz CT molecular complexity index is 587. The van der Waals surface area contributed by atoms with E-state index >= 15 is 0 Å². The van der Waals surface area contributed by atoms with Crippen LogP contribution in [-0.2, 0) is 0 Å². The molecule has 0 amide bonds. The van der Waals surface area contributed by atoms with Gasteiger partial charge in [-0.05, 0) is 18.4 Å². The van der Waals surface area contributed by atoms with Gasteiger partial charge in [-0.3, -0.25) is 10.1 Å². The molecule has 0 aliphatic rings. The smallest absolute Gasteiger partial charge is 0.269 e. The van der Waals surface area contributed by atoms with Crippen LogP contribution in [-0.4, -0.2) is 26.1 Å². The normalized spacial score (nSPS) is 10.3. The van der Waals surface area contributed by atoms with Crippen molar-refractivity contribution in [2.75, 3.05) is 12.0 Å². The summed E-state index contributed by atoms with van der Waals surface area (Å²) in [6.45, 7) is 0. The molecule has 0 bridgehead atoms.